The molecule has 0 heterocycles. The predicted octanol–water partition coefficient (Wildman–Crippen LogP) is 3.11. The molecule has 0 amide bonds. The molecule has 18 heavy (non-hydrogen) atoms. The van der Waals surface area contributed by atoms with E-state index >= 15 is 0 Å². The zero-order chi connectivity index (χ0) is 13.0. The summed E-state index contributed by atoms with van der Waals surface area (Å²) in [6.07, 6.45) is 5.19. The summed E-state index contributed by atoms with van der Waals surface area (Å²) in [6, 6.07) is 5.86. The summed E-state index contributed by atoms with van der Waals surface area (Å²) in [5, 5.41) is 0. The molecule has 0 aromatic heterocycles. The highest BCUT2D eigenvalue weighted by atomic mass is 16.5. The summed E-state index contributed by atoms with van der Waals surface area (Å²) < 4.78 is 11.4. The molecule has 1 fully saturated rings. The molecule has 2 rings (SSSR count). The highest BCUT2D eigenvalue weighted by Crippen LogP contribution is 2.31. The van der Waals surface area contributed by atoms with Gasteiger partial charge in [0.15, 0.2) is 0 Å². The van der Waals surface area contributed by atoms with Crippen LogP contribution in [0.25, 0.3) is 0 Å². The zero-order valence-corrected chi connectivity index (χ0v) is 11.3. The third kappa shape index (κ3) is 3.16. The first-order valence-corrected chi connectivity index (χ1v) is 6.76. The molecule has 2 N–H and O–H groups in total. The Bertz CT molecular complexity index is 392. The van der Waals surface area contributed by atoms with Gasteiger partial charge >= 0.3 is 0 Å². The molecule has 2 atom stereocenters. The minimum absolute atomic E-state index is 0.325. The summed E-state index contributed by atoms with van der Waals surface area (Å²) in [5.74, 6) is 2.47. The average Bonchev–Trinajstić information content (AvgIpc) is 2.38. The van der Waals surface area contributed by atoms with Crippen molar-refractivity contribution in [1.29, 1.82) is 0 Å². The molecule has 3 heteroatoms. The Kier molecular flexibility index (Phi) is 4.48. The standard InChI is InChI=1S/C15H23NO2/c1-11-4-3-5-14(8-11)18-15-9-13(17-2)7-6-12(15)10-16/h6-7,9,11,14H,3-5,8,10,16H2,1-2H3. The Morgan fingerprint density at radius 1 is 1.33 bits per heavy atom. The van der Waals surface area contributed by atoms with Gasteiger partial charge in [-0.05, 0) is 31.2 Å². The molecule has 100 valence electrons. The lowest BCUT2D eigenvalue weighted by Crippen LogP contribution is -2.24. The quantitative estimate of drug-likeness (QED) is 0.891. The summed E-state index contributed by atoms with van der Waals surface area (Å²) in [4.78, 5) is 0. The molecule has 1 aromatic rings. The second-order valence-corrected chi connectivity index (χ2v) is 5.19. The van der Waals surface area contributed by atoms with Crippen molar-refractivity contribution < 1.29 is 9.47 Å². The minimum Gasteiger partial charge on any atom is -0.497 e. The van der Waals surface area contributed by atoms with Crippen LogP contribution in [0, 0.1) is 5.92 Å². The van der Waals surface area contributed by atoms with Crippen LogP contribution in [-0.4, -0.2) is 13.2 Å². The van der Waals surface area contributed by atoms with Crippen molar-refractivity contribution in [3.05, 3.63) is 23.8 Å². The lowest BCUT2D eigenvalue weighted by atomic mass is 9.88. The average molecular weight is 249 g/mol. The van der Waals surface area contributed by atoms with Crippen LogP contribution in [-0.2, 0) is 6.54 Å². The van der Waals surface area contributed by atoms with Crippen molar-refractivity contribution in [2.75, 3.05) is 7.11 Å². The number of nitrogens with two attached hydrogens (primary N) is 1. The Balaban J connectivity index is 2.11. The lowest BCUT2D eigenvalue weighted by molar-refractivity contribution is 0.127. The third-order valence-electron chi connectivity index (χ3n) is 3.68. The van der Waals surface area contributed by atoms with Gasteiger partial charge in [0, 0.05) is 18.2 Å². The van der Waals surface area contributed by atoms with Gasteiger partial charge in [-0.15, -0.1) is 0 Å². The van der Waals surface area contributed by atoms with Gasteiger partial charge in [0.1, 0.15) is 11.5 Å². The van der Waals surface area contributed by atoms with E-state index in [1.807, 2.05) is 18.2 Å². The van der Waals surface area contributed by atoms with Crippen molar-refractivity contribution in [3.63, 3.8) is 0 Å². The molecule has 0 aliphatic heterocycles. The zero-order valence-electron chi connectivity index (χ0n) is 11.3. The van der Waals surface area contributed by atoms with Crippen molar-refractivity contribution in [2.24, 2.45) is 11.7 Å². The molecule has 3 nitrogen and oxygen atoms in total. The van der Waals surface area contributed by atoms with Gasteiger partial charge in [0.25, 0.3) is 0 Å². The van der Waals surface area contributed by atoms with E-state index in [4.69, 9.17) is 15.2 Å². The van der Waals surface area contributed by atoms with Gasteiger partial charge < -0.3 is 15.2 Å². The van der Waals surface area contributed by atoms with Gasteiger partial charge in [-0.3, -0.25) is 0 Å². The predicted molar refractivity (Wildman–Crippen MR) is 72.9 cm³/mol. The van der Waals surface area contributed by atoms with Crippen LogP contribution in [0.15, 0.2) is 18.2 Å². The maximum Gasteiger partial charge on any atom is 0.127 e. The van der Waals surface area contributed by atoms with E-state index in [0.29, 0.717) is 12.6 Å². The number of methoxy groups -OCH3 is 1. The monoisotopic (exact) mass is 249 g/mol. The Hall–Kier alpha value is -1.22. The number of hydrogen-bond acceptors (Lipinski definition) is 3. The molecule has 1 aliphatic carbocycles. The van der Waals surface area contributed by atoms with Gasteiger partial charge in [0.05, 0.1) is 13.2 Å². The number of ether oxygens (including phenoxy) is 2. The van der Waals surface area contributed by atoms with E-state index < -0.39 is 0 Å². The van der Waals surface area contributed by atoms with Gasteiger partial charge in [-0.2, -0.15) is 0 Å². The molecule has 1 aromatic carbocycles. The van der Waals surface area contributed by atoms with Gasteiger partial charge in [-0.1, -0.05) is 19.4 Å². The molecular formula is C15H23NO2. The van der Waals surface area contributed by atoms with Crippen molar-refractivity contribution >= 4 is 0 Å². The Labute approximate surface area is 109 Å². The molecule has 0 radical (unpaired) electrons. The van der Waals surface area contributed by atoms with Gasteiger partial charge in [0.2, 0.25) is 0 Å². The number of rotatable bonds is 4. The molecule has 0 bridgehead atoms. The van der Waals surface area contributed by atoms with E-state index in [1.54, 1.807) is 7.11 Å². The van der Waals surface area contributed by atoms with Crippen molar-refractivity contribution in [1.82, 2.24) is 0 Å². The largest absolute Gasteiger partial charge is 0.497 e. The first-order valence-electron chi connectivity index (χ1n) is 6.76. The highest BCUT2D eigenvalue weighted by Gasteiger charge is 2.21. The first-order chi connectivity index (χ1) is 8.72. The van der Waals surface area contributed by atoms with Gasteiger partial charge in [-0.25, -0.2) is 0 Å². The smallest absolute Gasteiger partial charge is 0.127 e. The molecule has 0 spiro atoms. The Morgan fingerprint density at radius 2 is 2.17 bits per heavy atom. The minimum atomic E-state index is 0.325. The topological polar surface area (TPSA) is 44.5 Å². The van der Waals surface area contributed by atoms with Crippen LogP contribution in [0.4, 0.5) is 0 Å². The SMILES string of the molecule is COc1ccc(CN)c(OC2CCCC(C)C2)c1. The van der Waals surface area contributed by atoms with E-state index in [-0.39, 0.29) is 0 Å². The molecule has 2 unspecified atom stereocenters. The first kappa shape index (κ1) is 13.2. The molecule has 1 aliphatic rings. The van der Waals surface area contributed by atoms with Crippen LogP contribution in [0.3, 0.4) is 0 Å². The van der Waals surface area contributed by atoms with E-state index in [2.05, 4.69) is 6.92 Å². The molecule has 0 saturated heterocycles. The number of benzene rings is 1. The molecule has 1 saturated carbocycles. The summed E-state index contributed by atoms with van der Waals surface area (Å²) in [6.45, 7) is 2.80. The van der Waals surface area contributed by atoms with Crippen LogP contribution in [0.2, 0.25) is 0 Å². The normalized spacial score (nSPS) is 23.7. The highest BCUT2D eigenvalue weighted by molar-refractivity contribution is 5.40. The van der Waals surface area contributed by atoms with Crippen LogP contribution < -0.4 is 15.2 Å². The van der Waals surface area contributed by atoms with E-state index in [0.717, 1.165) is 35.8 Å². The third-order valence-corrected chi connectivity index (χ3v) is 3.68. The number of hydrogen-bond donors (Lipinski definition) is 1. The second-order valence-electron chi connectivity index (χ2n) is 5.19. The maximum atomic E-state index is 6.13. The van der Waals surface area contributed by atoms with Crippen LogP contribution in [0.5, 0.6) is 11.5 Å². The lowest BCUT2D eigenvalue weighted by Gasteiger charge is -2.28. The summed E-state index contributed by atoms with van der Waals surface area (Å²) in [7, 11) is 1.67. The van der Waals surface area contributed by atoms with Crippen molar-refractivity contribution in [3.8, 4) is 11.5 Å². The Morgan fingerprint density at radius 3 is 2.83 bits per heavy atom. The summed E-state index contributed by atoms with van der Waals surface area (Å²) in [5.41, 5.74) is 6.80. The summed E-state index contributed by atoms with van der Waals surface area (Å²) >= 11 is 0. The van der Waals surface area contributed by atoms with Crippen LogP contribution >= 0.6 is 0 Å². The maximum absolute atomic E-state index is 6.13. The van der Waals surface area contributed by atoms with E-state index in [9.17, 15) is 0 Å². The fourth-order valence-electron chi connectivity index (χ4n) is 2.61. The fourth-order valence-corrected chi connectivity index (χ4v) is 2.61. The van der Waals surface area contributed by atoms with E-state index in [1.165, 1.54) is 12.8 Å². The van der Waals surface area contributed by atoms with Crippen molar-refractivity contribution in [2.45, 2.75) is 45.3 Å². The molecular weight excluding hydrogens is 226 g/mol. The fraction of sp³-hybridized carbons (Fsp3) is 0.600. The van der Waals surface area contributed by atoms with Crippen LogP contribution in [0.1, 0.15) is 38.2 Å². The second kappa shape index (κ2) is 6.10.